The SMILES string of the molecule is CC1(C)C(NC(=O)c2cc(F)cnc2N)C1(C)C. The first kappa shape index (κ1) is 12.8. The normalized spacial score (nSPS) is 20.5. The molecule has 1 aromatic rings. The minimum absolute atomic E-state index is 0.0260. The van der Waals surface area contributed by atoms with E-state index in [9.17, 15) is 9.18 Å². The van der Waals surface area contributed by atoms with E-state index < -0.39 is 5.82 Å². The van der Waals surface area contributed by atoms with Crippen LogP contribution < -0.4 is 11.1 Å². The van der Waals surface area contributed by atoms with E-state index in [1.807, 2.05) is 0 Å². The predicted octanol–water partition coefficient (Wildman–Crippen LogP) is 1.97. The molecule has 2 rings (SSSR count). The zero-order chi connectivity index (χ0) is 13.7. The summed E-state index contributed by atoms with van der Waals surface area (Å²) in [5.74, 6) is -0.892. The first-order valence-corrected chi connectivity index (χ1v) is 5.90. The van der Waals surface area contributed by atoms with Crippen LogP contribution in [0.2, 0.25) is 0 Å². The fourth-order valence-electron chi connectivity index (χ4n) is 2.40. The second-order valence-corrected chi connectivity index (χ2v) is 5.94. The minimum Gasteiger partial charge on any atom is -0.383 e. The molecule has 5 heteroatoms. The summed E-state index contributed by atoms with van der Waals surface area (Å²) < 4.78 is 13.1. The third kappa shape index (κ3) is 1.74. The number of hydrogen-bond acceptors (Lipinski definition) is 3. The Morgan fingerprint density at radius 2 is 1.94 bits per heavy atom. The number of rotatable bonds is 2. The van der Waals surface area contributed by atoms with Crippen LogP contribution in [0, 0.1) is 16.6 Å². The van der Waals surface area contributed by atoms with Crippen LogP contribution in [0.25, 0.3) is 0 Å². The molecule has 1 aromatic heterocycles. The molecule has 1 aliphatic rings. The second kappa shape index (κ2) is 3.67. The van der Waals surface area contributed by atoms with Crippen molar-refractivity contribution in [3.63, 3.8) is 0 Å². The third-order valence-corrected chi connectivity index (χ3v) is 4.43. The Bertz CT molecular complexity index is 497. The number of halogens is 1. The van der Waals surface area contributed by atoms with Crippen molar-refractivity contribution in [3.8, 4) is 0 Å². The minimum atomic E-state index is -0.566. The molecule has 0 aromatic carbocycles. The highest BCUT2D eigenvalue weighted by Gasteiger charge is 2.65. The zero-order valence-electron chi connectivity index (χ0n) is 11.0. The van der Waals surface area contributed by atoms with Gasteiger partial charge < -0.3 is 11.1 Å². The molecular weight excluding hydrogens is 233 g/mol. The Hall–Kier alpha value is -1.65. The predicted molar refractivity (Wildman–Crippen MR) is 67.4 cm³/mol. The monoisotopic (exact) mass is 251 g/mol. The van der Waals surface area contributed by atoms with Gasteiger partial charge in [-0.2, -0.15) is 0 Å². The highest BCUT2D eigenvalue weighted by atomic mass is 19.1. The molecular formula is C13H18FN3O. The molecule has 1 aliphatic carbocycles. The molecule has 1 saturated carbocycles. The van der Waals surface area contributed by atoms with Gasteiger partial charge in [-0.05, 0) is 16.9 Å². The van der Waals surface area contributed by atoms with Crippen LogP contribution in [0.4, 0.5) is 10.2 Å². The van der Waals surface area contributed by atoms with Gasteiger partial charge in [-0.25, -0.2) is 9.37 Å². The number of carbonyl (C=O) groups is 1. The van der Waals surface area contributed by atoms with Gasteiger partial charge in [0.05, 0.1) is 11.8 Å². The van der Waals surface area contributed by atoms with Crippen molar-refractivity contribution < 1.29 is 9.18 Å². The lowest BCUT2D eigenvalue weighted by Gasteiger charge is -2.08. The molecule has 0 atom stereocenters. The van der Waals surface area contributed by atoms with Gasteiger partial charge in [0.1, 0.15) is 11.6 Å². The van der Waals surface area contributed by atoms with Crippen molar-refractivity contribution in [2.75, 3.05) is 5.73 Å². The average Bonchev–Trinajstić information content (AvgIpc) is 2.64. The number of aromatic nitrogens is 1. The summed E-state index contributed by atoms with van der Waals surface area (Å²) in [4.78, 5) is 15.7. The number of anilines is 1. The van der Waals surface area contributed by atoms with Crippen LogP contribution in [0.15, 0.2) is 12.3 Å². The van der Waals surface area contributed by atoms with E-state index >= 15 is 0 Å². The lowest BCUT2D eigenvalue weighted by molar-refractivity contribution is 0.0944. The second-order valence-electron chi connectivity index (χ2n) is 5.94. The molecule has 0 spiro atoms. The van der Waals surface area contributed by atoms with E-state index in [0.29, 0.717) is 0 Å². The summed E-state index contributed by atoms with van der Waals surface area (Å²) in [6, 6.07) is 1.17. The van der Waals surface area contributed by atoms with Crippen LogP contribution >= 0.6 is 0 Å². The maximum Gasteiger partial charge on any atom is 0.255 e. The van der Waals surface area contributed by atoms with E-state index in [1.54, 1.807) is 0 Å². The number of amides is 1. The van der Waals surface area contributed by atoms with E-state index in [-0.39, 0.29) is 34.2 Å². The Morgan fingerprint density at radius 1 is 1.39 bits per heavy atom. The molecule has 0 unspecified atom stereocenters. The number of nitrogens with zero attached hydrogens (tertiary/aromatic N) is 1. The Labute approximate surface area is 106 Å². The standard InChI is InChI=1S/C13H18FN3O/c1-12(2)11(13(12,3)4)17-10(18)8-5-7(14)6-16-9(8)15/h5-6,11H,1-4H3,(H2,15,16)(H,17,18). The molecule has 0 aliphatic heterocycles. The van der Waals surface area contributed by atoms with E-state index in [2.05, 4.69) is 38.0 Å². The molecule has 1 heterocycles. The van der Waals surface area contributed by atoms with Crippen molar-refractivity contribution in [3.05, 3.63) is 23.6 Å². The topological polar surface area (TPSA) is 68.0 Å². The lowest BCUT2D eigenvalue weighted by atomic mass is 10.0. The largest absolute Gasteiger partial charge is 0.383 e. The van der Waals surface area contributed by atoms with E-state index in [0.717, 1.165) is 12.3 Å². The van der Waals surface area contributed by atoms with Crippen LogP contribution in [-0.2, 0) is 0 Å². The Kier molecular flexibility index (Phi) is 2.61. The number of carbonyl (C=O) groups excluding carboxylic acids is 1. The average molecular weight is 251 g/mol. The molecule has 18 heavy (non-hydrogen) atoms. The molecule has 0 saturated heterocycles. The summed E-state index contributed by atoms with van der Waals surface area (Å²) >= 11 is 0. The molecule has 3 N–H and O–H groups in total. The fraction of sp³-hybridized carbons (Fsp3) is 0.538. The molecule has 98 valence electrons. The van der Waals surface area contributed by atoms with Crippen molar-refractivity contribution in [2.45, 2.75) is 33.7 Å². The van der Waals surface area contributed by atoms with Crippen LogP contribution in [0.5, 0.6) is 0 Å². The van der Waals surface area contributed by atoms with Crippen LogP contribution in [0.1, 0.15) is 38.1 Å². The molecule has 0 bridgehead atoms. The Balaban J connectivity index is 2.17. The lowest BCUT2D eigenvalue weighted by Crippen LogP contribution is -2.30. The maximum atomic E-state index is 13.1. The van der Waals surface area contributed by atoms with Gasteiger partial charge in [-0.15, -0.1) is 0 Å². The number of pyridine rings is 1. The number of nitrogens with one attached hydrogen (secondary N) is 1. The van der Waals surface area contributed by atoms with Crippen molar-refractivity contribution >= 4 is 11.7 Å². The summed E-state index contributed by atoms with van der Waals surface area (Å²) in [6.45, 7) is 8.35. The summed E-state index contributed by atoms with van der Waals surface area (Å²) in [5.41, 5.74) is 5.73. The summed E-state index contributed by atoms with van der Waals surface area (Å²) in [7, 11) is 0. The van der Waals surface area contributed by atoms with E-state index in [1.165, 1.54) is 0 Å². The van der Waals surface area contributed by atoms with Crippen molar-refractivity contribution in [1.82, 2.24) is 10.3 Å². The Morgan fingerprint density at radius 3 is 2.44 bits per heavy atom. The number of hydrogen-bond donors (Lipinski definition) is 2. The van der Waals surface area contributed by atoms with E-state index in [4.69, 9.17) is 5.73 Å². The zero-order valence-corrected chi connectivity index (χ0v) is 11.0. The van der Waals surface area contributed by atoms with Crippen LogP contribution in [-0.4, -0.2) is 16.9 Å². The summed E-state index contributed by atoms with van der Waals surface area (Å²) in [5, 5.41) is 2.89. The summed E-state index contributed by atoms with van der Waals surface area (Å²) in [6.07, 6.45) is 0.997. The fourth-order valence-corrected chi connectivity index (χ4v) is 2.40. The van der Waals surface area contributed by atoms with Gasteiger partial charge in [-0.3, -0.25) is 4.79 Å². The molecule has 1 amide bonds. The highest BCUT2D eigenvalue weighted by molar-refractivity contribution is 5.98. The van der Waals surface area contributed by atoms with Gasteiger partial charge in [0.15, 0.2) is 0 Å². The molecule has 0 radical (unpaired) electrons. The van der Waals surface area contributed by atoms with Crippen LogP contribution in [0.3, 0.4) is 0 Å². The van der Waals surface area contributed by atoms with Gasteiger partial charge in [0.2, 0.25) is 0 Å². The van der Waals surface area contributed by atoms with Gasteiger partial charge in [0, 0.05) is 6.04 Å². The van der Waals surface area contributed by atoms with Crippen molar-refractivity contribution in [1.29, 1.82) is 0 Å². The quantitative estimate of drug-likeness (QED) is 0.844. The first-order chi connectivity index (χ1) is 8.18. The molecule has 4 nitrogen and oxygen atoms in total. The maximum absolute atomic E-state index is 13.1. The smallest absolute Gasteiger partial charge is 0.255 e. The number of nitrogen functional groups attached to an aromatic ring is 1. The first-order valence-electron chi connectivity index (χ1n) is 5.90. The van der Waals surface area contributed by atoms with Gasteiger partial charge >= 0.3 is 0 Å². The number of nitrogens with two attached hydrogens (primary N) is 1. The molecule has 1 fully saturated rings. The van der Waals surface area contributed by atoms with Gasteiger partial charge in [0.25, 0.3) is 5.91 Å². The van der Waals surface area contributed by atoms with Gasteiger partial charge in [-0.1, -0.05) is 27.7 Å². The van der Waals surface area contributed by atoms with Crippen molar-refractivity contribution in [2.24, 2.45) is 10.8 Å². The third-order valence-electron chi connectivity index (χ3n) is 4.43. The highest BCUT2D eigenvalue weighted by Crippen LogP contribution is 2.62.